The number of hydrogen-bond donors (Lipinski definition) is 0. The van der Waals surface area contributed by atoms with Crippen LogP contribution in [0.25, 0.3) is 17.2 Å². The Balaban J connectivity index is 1.49. The van der Waals surface area contributed by atoms with E-state index in [4.69, 9.17) is 18.9 Å². The van der Waals surface area contributed by atoms with Crippen LogP contribution in [0, 0.1) is 11.3 Å². The van der Waals surface area contributed by atoms with Gasteiger partial charge in [0.15, 0.2) is 6.10 Å². The van der Waals surface area contributed by atoms with Crippen LogP contribution in [-0.2, 0) is 14.3 Å². The molecule has 7 nitrogen and oxygen atoms in total. The molecule has 0 bridgehead atoms. The summed E-state index contributed by atoms with van der Waals surface area (Å²) in [5, 5.41) is 9.57. The van der Waals surface area contributed by atoms with Gasteiger partial charge < -0.3 is 18.9 Å². The topological polar surface area (TPSA) is 94.9 Å². The van der Waals surface area contributed by atoms with E-state index in [2.05, 4.69) is 13.8 Å². The third-order valence-corrected chi connectivity index (χ3v) is 7.22. The van der Waals surface area contributed by atoms with Crippen LogP contribution in [-0.4, -0.2) is 31.3 Å². The highest BCUT2D eigenvalue weighted by molar-refractivity contribution is 5.99. The van der Waals surface area contributed by atoms with Crippen molar-refractivity contribution in [1.82, 2.24) is 0 Å². The van der Waals surface area contributed by atoms with Crippen LogP contribution >= 0.6 is 0 Å². The van der Waals surface area contributed by atoms with Crippen molar-refractivity contribution in [2.45, 2.75) is 84.7 Å². The molecule has 3 rings (SSSR count). The zero-order valence-corrected chi connectivity index (χ0v) is 26.8. The molecule has 0 heterocycles. The SMILES string of the molecule is CCCCCCCOC(C)C(=O)Oc1ccc(-c2ccc(OC(=O)/C(C#N)=C/c3ccc(OCCCCCC)cc3)cc2)cc1. The molecule has 45 heavy (non-hydrogen) atoms. The van der Waals surface area contributed by atoms with Crippen LogP contribution in [0.1, 0.15) is 84.1 Å². The lowest BCUT2D eigenvalue weighted by Gasteiger charge is -2.13. The van der Waals surface area contributed by atoms with Gasteiger partial charge in [0.1, 0.15) is 28.9 Å². The van der Waals surface area contributed by atoms with E-state index in [1.54, 1.807) is 43.3 Å². The van der Waals surface area contributed by atoms with Crippen LogP contribution in [0.2, 0.25) is 0 Å². The summed E-state index contributed by atoms with van der Waals surface area (Å²) in [5.41, 5.74) is 2.38. The van der Waals surface area contributed by atoms with Gasteiger partial charge in [-0.3, -0.25) is 0 Å². The number of unbranched alkanes of at least 4 members (excludes halogenated alkanes) is 7. The van der Waals surface area contributed by atoms with Crippen molar-refractivity contribution in [2.24, 2.45) is 0 Å². The fraction of sp³-hybridized carbons (Fsp3) is 0.395. The highest BCUT2D eigenvalue weighted by atomic mass is 16.6. The highest BCUT2D eigenvalue weighted by Gasteiger charge is 2.16. The van der Waals surface area contributed by atoms with Crippen molar-refractivity contribution in [3.8, 4) is 34.4 Å². The Kier molecular flexibility index (Phi) is 15.4. The van der Waals surface area contributed by atoms with Crippen molar-refractivity contribution in [3.05, 3.63) is 83.9 Å². The lowest BCUT2D eigenvalue weighted by molar-refractivity contribution is -0.146. The first-order valence-corrected chi connectivity index (χ1v) is 16.0. The quantitative estimate of drug-likeness (QED) is 0.0439. The maximum atomic E-state index is 12.7. The Bertz CT molecular complexity index is 1390. The molecule has 0 aliphatic carbocycles. The monoisotopic (exact) mass is 611 g/mol. The van der Waals surface area contributed by atoms with Crippen LogP contribution in [0.5, 0.6) is 17.2 Å². The zero-order chi connectivity index (χ0) is 32.3. The Morgan fingerprint density at radius 2 is 1.20 bits per heavy atom. The van der Waals surface area contributed by atoms with Gasteiger partial charge in [-0.15, -0.1) is 0 Å². The second-order valence-corrected chi connectivity index (χ2v) is 10.9. The molecular formula is C38H45NO6. The molecule has 0 saturated heterocycles. The largest absolute Gasteiger partial charge is 0.494 e. The van der Waals surface area contributed by atoms with Gasteiger partial charge in [-0.2, -0.15) is 5.26 Å². The highest BCUT2D eigenvalue weighted by Crippen LogP contribution is 2.25. The fourth-order valence-corrected chi connectivity index (χ4v) is 4.51. The van der Waals surface area contributed by atoms with Crippen LogP contribution in [0.3, 0.4) is 0 Å². The van der Waals surface area contributed by atoms with Gasteiger partial charge in [-0.25, -0.2) is 9.59 Å². The number of nitriles is 1. The summed E-state index contributed by atoms with van der Waals surface area (Å²) < 4.78 is 22.3. The minimum Gasteiger partial charge on any atom is -0.494 e. The second kappa shape index (κ2) is 19.8. The number of ether oxygens (including phenoxy) is 4. The molecule has 0 N–H and O–H groups in total. The van der Waals surface area contributed by atoms with Gasteiger partial charge in [0.05, 0.1) is 6.61 Å². The molecule has 3 aromatic carbocycles. The number of hydrogen-bond acceptors (Lipinski definition) is 7. The van der Waals surface area contributed by atoms with E-state index >= 15 is 0 Å². The summed E-state index contributed by atoms with van der Waals surface area (Å²) in [7, 11) is 0. The Labute approximate surface area is 267 Å². The average Bonchev–Trinajstić information content (AvgIpc) is 3.06. The summed E-state index contributed by atoms with van der Waals surface area (Å²) in [4.78, 5) is 25.1. The number of esters is 2. The van der Waals surface area contributed by atoms with Crippen LogP contribution < -0.4 is 14.2 Å². The molecule has 1 atom stereocenters. The third-order valence-electron chi connectivity index (χ3n) is 7.22. The molecule has 0 radical (unpaired) electrons. The molecule has 0 amide bonds. The van der Waals surface area contributed by atoms with E-state index in [-0.39, 0.29) is 5.57 Å². The van der Waals surface area contributed by atoms with Gasteiger partial charge in [0, 0.05) is 6.61 Å². The van der Waals surface area contributed by atoms with Crippen LogP contribution in [0.15, 0.2) is 78.4 Å². The summed E-state index contributed by atoms with van der Waals surface area (Å²) in [6.45, 7) is 7.26. The Morgan fingerprint density at radius 3 is 1.78 bits per heavy atom. The molecule has 0 spiro atoms. The number of carbonyl (C=O) groups excluding carboxylic acids is 2. The van der Waals surface area contributed by atoms with Gasteiger partial charge in [0.2, 0.25) is 0 Å². The predicted molar refractivity (Wildman–Crippen MR) is 177 cm³/mol. The molecule has 0 aromatic heterocycles. The van der Waals surface area contributed by atoms with E-state index in [9.17, 15) is 14.9 Å². The molecule has 3 aromatic rings. The van der Waals surface area contributed by atoms with Gasteiger partial charge in [-0.05, 0) is 78.9 Å². The van der Waals surface area contributed by atoms with Gasteiger partial charge in [0.25, 0.3) is 0 Å². The van der Waals surface area contributed by atoms with Crippen molar-refractivity contribution >= 4 is 18.0 Å². The van der Waals surface area contributed by atoms with E-state index in [1.165, 1.54) is 38.2 Å². The Hall–Kier alpha value is -4.41. The van der Waals surface area contributed by atoms with Gasteiger partial charge >= 0.3 is 11.9 Å². The standard InChI is InChI=1S/C38H45NO6/c1-4-6-8-10-12-25-42-29(3)37(40)44-35-21-15-31(16-22-35)32-17-23-36(24-18-32)45-38(41)33(28-39)27-30-13-19-34(20-14-30)43-26-11-9-7-5-2/h13-24,27,29H,4-12,25-26H2,1-3H3/b33-27+. The molecule has 1 unspecified atom stereocenters. The lowest BCUT2D eigenvalue weighted by atomic mass is 10.1. The van der Waals surface area contributed by atoms with Crippen molar-refractivity contribution in [1.29, 1.82) is 5.26 Å². The normalized spacial score (nSPS) is 11.8. The van der Waals surface area contributed by atoms with Gasteiger partial charge in [-0.1, -0.05) is 95.2 Å². The first-order chi connectivity index (χ1) is 21.9. The molecule has 0 fully saturated rings. The summed E-state index contributed by atoms with van der Waals surface area (Å²) in [6, 6.07) is 23.3. The molecule has 238 valence electrons. The summed E-state index contributed by atoms with van der Waals surface area (Å²) in [5.74, 6) is 0.355. The number of rotatable bonds is 19. The number of nitrogens with zero attached hydrogens (tertiary/aromatic N) is 1. The minimum atomic E-state index is -0.734. The lowest BCUT2D eigenvalue weighted by Crippen LogP contribution is -2.26. The maximum Gasteiger partial charge on any atom is 0.354 e. The third kappa shape index (κ3) is 12.6. The first-order valence-electron chi connectivity index (χ1n) is 16.0. The first kappa shape index (κ1) is 35.1. The van der Waals surface area contributed by atoms with Crippen LogP contribution in [0.4, 0.5) is 0 Å². The smallest absolute Gasteiger partial charge is 0.354 e. The zero-order valence-electron chi connectivity index (χ0n) is 26.8. The van der Waals surface area contributed by atoms with E-state index in [1.807, 2.05) is 42.5 Å². The second-order valence-electron chi connectivity index (χ2n) is 10.9. The Morgan fingerprint density at radius 1 is 0.689 bits per heavy atom. The van der Waals surface area contributed by atoms with Crippen molar-refractivity contribution in [3.63, 3.8) is 0 Å². The molecular weight excluding hydrogens is 566 g/mol. The molecule has 7 heteroatoms. The fourth-order valence-electron chi connectivity index (χ4n) is 4.51. The van der Waals surface area contributed by atoms with E-state index in [0.717, 1.165) is 42.6 Å². The minimum absolute atomic E-state index is 0.107. The molecule has 0 aliphatic heterocycles. The number of benzene rings is 3. The summed E-state index contributed by atoms with van der Waals surface area (Å²) >= 11 is 0. The van der Waals surface area contributed by atoms with Crippen molar-refractivity contribution < 1.29 is 28.5 Å². The van der Waals surface area contributed by atoms with Crippen molar-refractivity contribution in [2.75, 3.05) is 13.2 Å². The van der Waals surface area contributed by atoms with E-state index < -0.39 is 18.0 Å². The summed E-state index contributed by atoms with van der Waals surface area (Å²) in [6.07, 6.45) is 11.0. The average molecular weight is 612 g/mol. The maximum absolute atomic E-state index is 12.7. The van der Waals surface area contributed by atoms with E-state index in [0.29, 0.717) is 30.3 Å². The number of carbonyl (C=O) groups is 2. The predicted octanol–water partition coefficient (Wildman–Crippen LogP) is 9.11. The molecule has 0 aliphatic rings. The molecule has 0 saturated carbocycles.